The van der Waals surface area contributed by atoms with Gasteiger partial charge in [-0.25, -0.2) is 4.79 Å². The summed E-state index contributed by atoms with van der Waals surface area (Å²) < 4.78 is 78.2. The zero-order valence-electron chi connectivity index (χ0n) is 18.0. The van der Waals surface area contributed by atoms with Crippen molar-refractivity contribution in [3.05, 3.63) is 82.9 Å². The van der Waals surface area contributed by atoms with Crippen LogP contribution in [0.2, 0.25) is 0 Å². The van der Waals surface area contributed by atoms with Crippen molar-refractivity contribution in [3.63, 3.8) is 0 Å². The average molecular weight is 503 g/mol. The van der Waals surface area contributed by atoms with Crippen molar-refractivity contribution in [1.29, 1.82) is 0 Å². The van der Waals surface area contributed by atoms with Crippen molar-refractivity contribution < 1.29 is 31.1 Å². The van der Waals surface area contributed by atoms with Gasteiger partial charge in [-0.15, -0.1) is 0 Å². The number of amides is 2. The van der Waals surface area contributed by atoms with Crippen molar-refractivity contribution in [2.24, 2.45) is 0 Å². The summed E-state index contributed by atoms with van der Waals surface area (Å²) in [5.41, 5.74) is 4.11. The highest BCUT2D eigenvalue weighted by atomic mass is 19.4. The van der Waals surface area contributed by atoms with E-state index in [0.29, 0.717) is 34.2 Å². The van der Waals surface area contributed by atoms with E-state index in [1.54, 1.807) is 30.3 Å². The summed E-state index contributed by atoms with van der Waals surface area (Å²) in [5, 5.41) is 11.7. The highest BCUT2D eigenvalue weighted by molar-refractivity contribution is 6.00. The molecular formula is C24H15F6N5O. The monoisotopic (exact) mass is 503 g/mol. The van der Waals surface area contributed by atoms with Gasteiger partial charge < -0.3 is 16.4 Å². The van der Waals surface area contributed by atoms with Crippen molar-refractivity contribution in [2.75, 3.05) is 16.4 Å². The first kappa shape index (κ1) is 24.5. The van der Waals surface area contributed by atoms with Crippen LogP contribution in [0, 0.1) is 11.8 Å². The number of benzene rings is 3. The fraction of sp³-hybridized carbons (Fsp3) is 0.0833. The van der Waals surface area contributed by atoms with Gasteiger partial charge in [0.1, 0.15) is 0 Å². The van der Waals surface area contributed by atoms with E-state index in [9.17, 15) is 31.1 Å². The van der Waals surface area contributed by atoms with Gasteiger partial charge in [0.15, 0.2) is 5.82 Å². The summed E-state index contributed by atoms with van der Waals surface area (Å²) in [6.45, 7) is 0. The van der Waals surface area contributed by atoms with Crippen LogP contribution in [0.1, 0.15) is 22.3 Å². The molecule has 3 aromatic carbocycles. The van der Waals surface area contributed by atoms with Crippen LogP contribution < -0.4 is 16.4 Å². The Morgan fingerprint density at radius 3 is 2.14 bits per heavy atom. The largest absolute Gasteiger partial charge is 0.416 e. The molecule has 0 aliphatic rings. The van der Waals surface area contributed by atoms with Crippen LogP contribution in [0.4, 0.5) is 48.3 Å². The van der Waals surface area contributed by atoms with E-state index in [4.69, 9.17) is 5.73 Å². The lowest BCUT2D eigenvalue weighted by Crippen LogP contribution is -2.20. The van der Waals surface area contributed by atoms with E-state index in [-0.39, 0.29) is 17.6 Å². The van der Waals surface area contributed by atoms with Crippen molar-refractivity contribution in [1.82, 2.24) is 10.2 Å². The molecule has 2 amide bonds. The van der Waals surface area contributed by atoms with Crippen molar-refractivity contribution in [2.45, 2.75) is 12.4 Å². The predicted octanol–water partition coefficient (Wildman–Crippen LogP) is 6.23. The number of anilines is 3. The summed E-state index contributed by atoms with van der Waals surface area (Å²) in [6.07, 6.45) is -10.1. The number of aromatic nitrogens is 2. The normalized spacial score (nSPS) is 11.6. The Morgan fingerprint density at radius 1 is 0.833 bits per heavy atom. The number of halogens is 6. The summed E-state index contributed by atoms with van der Waals surface area (Å²) in [4.78, 5) is 12.3. The molecule has 0 aliphatic carbocycles. The highest BCUT2D eigenvalue weighted by Crippen LogP contribution is 2.37. The average Bonchev–Trinajstić information content (AvgIpc) is 3.18. The SMILES string of the molecule is Nc1n[nH]c2cccc(C#Cc3cccc(NC(=O)Nc4cc(C(F)(F)F)cc(C(F)(F)F)c4)c3)c12. The number of fused-ring (bicyclic) bond motifs is 1. The van der Waals surface area contributed by atoms with E-state index >= 15 is 0 Å². The van der Waals surface area contributed by atoms with E-state index < -0.39 is 35.2 Å². The number of alkyl halides is 6. The minimum atomic E-state index is -5.04. The molecule has 0 unspecified atom stereocenters. The van der Waals surface area contributed by atoms with Crippen LogP contribution in [0.15, 0.2) is 60.7 Å². The molecular weight excluding hydrogens is 488 g/mol. The zero-order chi connectivity index (χ0) is 26.1. The van der Waals surface area contributed by atoms with Crippen LogP contribution in [0.25, 0.3) is 10.9 Å². The maximum absolute atomic E-state index is 13.0. The van der Waals surface area contributed by atoms with Crippen LogP contribution in [-0.2, 0) is 12.4 Å². The Hall–Kier alpha value is -4.66. The standard InChI is InChI=1S/C24H15F6N5O/c25-23(26,27)15-10-16(24(28,29)30)12-18(11-15)33-22(36)32-17-5-1-3-13(9-17)7-8-14-4-2-6-19-20(14)21(31)35-34-19/h1-6,9-12H,(H3,31,34,35)(H2,32,33,36). The van der Waals surface area contributed by atoms with Gasteiger partial charge in [-0.05, 0) is 48.5 Å². The second kappa shape index (κ2) is 9.18. The van der Waals surface area contributed by atoms with Gasteiger partial charge in [0.2, 0.25) is 0 Å². The first-order valence-corrected chi connectivity index (χ1v) is 10.1. The number of carbonyl (C=O) groups is 1. The molecule has 1 heterocycles. The summed E-state index contributed by atoms with van der Waals surface area (Å²) in [5.74, 6) is 6.16. The number of hydrogen-bond acceptors (Lipinski definition) is 3. The molecule has 0 fully saturated rings. The van der Waals surface area contributed by atoms with Crippen LogP contribution in [-0.4, -0.2) is 16.2 Å². The second-order valence-corrected chi connectivity index (χ2v) is 7.54. The smallest absolute Gasteiger partial charge is 0.382 e. The van der Waals surface area contributed by atoms with E-state index in [1.807, 2.05) is 5.32 Å². The molecule has 0 saturated heterocycles. The number of rotatable bonds is 2. The number of nitrogens with zero attached hydrogens (tertiary/aromatic N) is 1. The quantitative estimate of drug-likeness (QED) is 0.193. The van der Waals surface area contributed by atoms with Gasteiger partial charge in [0, 0.05) is 22.5 Å². The summed E-state index contributed by atoms with van der Waals surface area (Å²) in [6, 6.07) is 11.3. The number of nitrogen functional groups attached to an aromatic ring is 1. The van der Waals surface area contributed by atoms with Crippen LogP contribution in [0.3, 0.4) is 0 Å². The fourth-order valence-corrected chi connectivity index (χ4v) is 3.34. The molecule has 0 radical (unpaired) electrons. The Balaban J connectivity index is 1.53. The van der Waals surface area contributed by atoms with Gasteiger partial charge in [0.25, 0.3) is 0 Å². The number of carbonyl (C=O) groups excluding carboxylic acids is 1. The maximum Gasteiger partial charge on any atom is 0.416 e. The number of urea groups is 1. The summed E-state index contributed by atoms with van der Waals surface area (Å²) in [7, 11) is 0. The molecule has 0 saturated carbocycles. The summed E-state index contributed by atoms with van der Waals surface area (Å²) >= 11 is 0. The Bertz CT molecular complexity index is 1480. The maximum atomic E-state index is 13.0. The minimum absolute atomic E-state index is 0.0249. The van der Waals surface area contributed by atoms with Gasteiger partial charge in [-0.2, -0.15) is 31.4 Å². The zero-order valence-corrected chi connectivity index (χ0v) is 18.0. The number of aromatic amines is 1. The second-order valence-electron chi connectivity index (χ2n) is 7.54. The van der Waals surface area contributed by atoms with Gasteiger partial charge >= 0.3 is 18.4 Å². The topological polar surface area (TPSA) is 95.8 Å². The van der Waals surface area contributed by atoms with E-state index in [1.165, 1.54) is 12.1 Å². The van der Waals surface area contributed by atoms with Gasteiger partial charge in [-0.1, -0.05) is 24.0 Å². The molecule has 0 aliphatic heterocycles. The van der Waals surface area contributed by atoms with E-state index in [2.05, 4.69) is 27.4 Å². The first-order chi connectivity index (χ1) is 16.9. The lowest BCUT2D eigenvalue weighted by Gasteiger charge is -2.15. The molecule has 184 valence electrons. The molecule has 6 nitrogen and oxygen atoms in total. The van der Waals surface area contributed by atoms with Crippen molar-refractivity contribution >= 4 is 34.1 Å². The number of nitrogens with one attached hydrogen (secondary N) is 3. The number of nitrogens with two attached hydrogens (primary N) is 1. The lowest BCUT2D eigenvalue weighted by atomic mass is 10.1. The molecule has 0 bridgehead atoms. The Labute approximate surface area is 199 Å². The third-order valence-electron chi connectivity index (χ3n) is 4.92. The van der Waals surface area contributed by atoms with Gasteiger partial charge in [-0.3, -0.25) is 5.10 Å². The molecule has 0 atom stereocenters. The van der Waals surface area contributed by atoms with Gasteiger partial charge in [0.05, 0.1) is 22.0 Å². The Morgan fingerprint density at radius 2 is 1.47 bits per heavy atom. The van der Waals surface area contributed by atoms with Crippen molar-refractivity contribution in [3.8, 4) is 11.8 Å². The number of H-pyrrole nitrogens is 1. The third kappa shape index (κ3) is 5.52. The third-order valence-corrected chi connectivity index (χ3v) is 4.92. The molecule has 36 heavy (non-hydrogen) atoms. The molecule has 4 rings (SSSR count). The Kier molecular flexibility index (Phi) is 6.24. The minimum Gasteiger partial charge on any atom is -0.382 e. The fourth-order valence-electron chi connectivity index (χ4n) is 3.34. The number of hydrogen-bond donors (Lipinski definition) is 4. The van der Waals surface area contributed by atoms with Crippen LogP contribution in [0.5, 0.6) is 0 Å². The lowest BCUT2D eigenvalue weighted by molar-refractivity contribution is -0.143. The van der Waals surface area contributed by atoms with Crippen LogP contribution >= 0.6 is 0 Å². The van der Waals surface area contributed by atoms with E-state index in [0.717, 1.165) is 0 Å². The molecule has 5 N–H and O–H groups in total. The molecule has 4 aromatic rings. The highest BCUT2D eigenvalue weighted by Gasteiger charge is 2.37. The predicted molar refractivity (Wildman–Crippen MR) is 122 cm³/mol. The molecule has 12 heteroatoms. The molecule has 1 aromatic heterocycles. The first-order valence-electron chi connectivity index (χ1n) is 10.1. The molecule has 0 spiro atoms.